The van der Waals surface area contributed by atoms with Crippen LogP contribution < -0.4 is 22.9 Å². The van der Waals surface area contributed by atoms with E-state index in [2.05, 4.69) is 0 Å². The van der Waals surface area contributed by atoms with Crippen molar-refractivity contribution in [2.75, 3.05) is 6.54 Å². The minimum atomic E-state index is 0.113. The Balaban J connectivity index is 0.000000223. The first-order chi connectivity index (χ1) is 6.18. The molecule has 1 rings (SSSR count). The molecule has 72 valence electrons. The fourth-order valence-corrected chi connectivity index (χ4v) is 0.503. The molecule has 0 aromatic heterocycles. The maximum Gasteiger partial charge on any atom is 0.114 e. The van der Waals surface area contributed by atoms with E-state index in [1.165, 1.54) is 0 Å². The van der Waals surface area contributed by atoms with Gasteiger partial charge in [-0.2, -0.15) is 0 Å². The van der Waals surface area contributed by atoms with E-state index in [-0.39, 0.29) is 12.4 Å². The SMILES string of the molecule is NCC(N)=C(N)N.c1ccccc1. The van der Waals surface area contributed by atoms with E-state index in [9.17, 15) is 0 Å². The third-order valence-electron chi connectivity index (χ3n) is 1.26. The molecule has 0 saturated heterocycles. The van der Waals surface area contributed by atoms with Crippen molar-refractivity contribution < 1.29 is 0 Å². The van der Waals surface area contributed by atoms with Gasteiger partial charge in [-0.05, 0) is 0 Å². The standard InChI is InChI=1S/C6H6.C3H10N4/c1-2-4-6-5-3-1;4-1-2(5)3(6)7/h1-6H;1,4-7H2. The van der Waals surface area contributed by atoms with Gasteiger partial charge in [-0.1, -0.05) is 36.4 Å². The number of nitrogens with two attached hydrogens (primary N) is 4. The third-order valence-corrected chi connectivity index (χ3v) is 1.26. The Morgan fingerprint density at radius 2 is 1.08 bits per heavy atom. The van der Waals surface area contributed by atoms with Crippen molar-refractivity contribution in [2.45, 2.75) is 0 Å². The molecule has 1 aromatic rings. The molecule has 0 aliphatic carbocycles. The minimum Gasteiger partial charge on any atom is -0.398 e. The predicted molar refractivity (Wildman–Crippen MR) is 55.1 cm³/mol. The van der Waals surface area contributed by atoms with E-state index in [1.54, 1.807) is 0 Å². The van der Waals surface area contributed by atoms with E-state index in [1.807, 2.05) is 36.4 Å². The molecule has 0 amide bonds. The van der Waals surface area contributed by atoms with Crippen LogP contribution >= 0.6 is 0 Å². The predicted octanol–water partition coefficient (Wildman–Crippen LogP) is -0.323. The molecule has 0 unspecified atom stereocenters. The van der Waals surface area contributed by atoms with Gasteiger partial charge in [-0.25, -0.2) is 0 Å². The monoisotopic (exact) mass is 180 g/mol. The maximum atomic E-state index is 5.12. The molecule has 0 heterocycles. The minimum absolute atomic E-state index is 0.113. The molecule has 4 nitrogen and oxygen atoms in total. The lowest BCUT2D eigenvalue weighted by molar-refractivity contribution is 1.03. The summed E-state index contributed by atoms with van der Waals surface area (Å²) in [4.78, 5) is 0. The molecule has 8 N–H and O–H groups in total. The first-order valence-corrected chi connectivity index (χ1v) is 3.88. The molecule has 13 heavy (non-hydrogen) atoms. The average molecular weight is 180 g/mol. The van der Waals surface area contributed by atoms with Crippen LogP contribution in [-0.2, 0) is 0 Å². The highest BCUT2D eigenvalue weighted by Gasteiger charge is 1.85. The highest BCUT2D eigenvalue weighted by Crippen LogP contribution is 1.79. The third kappa shape index (κ3) is 6.71. The van der Waals surface area contributed by atoms with E-state index in [0.717, 1.165) is 0 Å². The number of benzene rings is 1. The Labute approximate surface area is 78.2 Å². The topological polar surface area (TPSA) is 104 Å². The van der Waals surface area contributed by atoms with Crippen molar-refractivity contribution in [1.29, 1.82) is 0 Å². The fourth-order valence-electron chi connectivity index (χ4n) is 0.503. The van der Waals surface area contributed by atoms with Gasteiger partial charge in [0.2, 0.25) is 0 Å². The molecule has 0 saturated carbocycles. The number of hydrogen-bond acceptors (Lipinski definition) is 4. The summed E-state index contributed by atoms with van der Waals surface area (Å²) < 4.78 is 0. The lowest BCUT2D eigenvalue weighted by atomic mass is 10.4. The van der Waals surface area contributed by atoms with E-state index < -0.39 is 0 Å². The Hall–Kier alpha value is -1.68. The van der Waals surface area contributed by atoms with Gasteiger partial charge in [0, 0.05) is 6.54 Å². The van der Waals surface area contributed by atoms with Gasteiger partial charge in [0.25, 0.3) is 0 Å². The van der Waals surface area contributed by atoms with Crippen molar-refractivity contribution in [3.8, 4) is 0 Å². The molecule has 0 fully saturated rings. The molecule has 0 bridgehead atoms. The largest absolute Gasteiger partial charge is 0.398 e. The molecular weight excluding hydrogens is 164 g/mol. The van der Waals surface area contributed by atoms with E-state index in [4.69, 9.17) is 22.9 Å². The highest BCUT2D eigenvalue weighted by atomic mass is 14.9. The maximum absolute atomic E-state index is 5.12. The first kappa shape index (κ1) is 11.3. The van der Waals surface area contributed by atoms with Crippen LogP contribution in [0.15, 0.2) is 47.9 Å². The molecule has 4 heteroatoms. The molecule has 0 atom stereocenters. The fraction of sp³-hybridized carbons (Fsp3) is 0.111. The first-order valence-electron chi connectivity index (χ1n) is 3.88. The van der Waals surface area contributed by atoms with Crippen LogP contribution in [0.25, 0.3) is 0 Å². The number of rotatable bonds is 1. The summed E-state index contributed by atoms with van der Waals surface area (Å²) in [5.74, 6) is 0.113. The van der Waals surface area contributed by atoms with Crippen molar-refractivity contribution in [3.05, 3.63) is 47.9 Å². The van der Waals surface area contributed by atoms with Gasteiger partial charge < -0.3 is 22.9 Å². The van der Waals surface area contributed by atoms with E-state index >= 15 is 0 Å². The van der Waals surface area contributed by atoms with Gasteiger partial charge >= 0.3 is 0 Å². The summed E-state index contributed by atoms with van der Waals surface area (Å²) in [6.07, 6.45) is 0. The summed E-state index contributed by atoms with van der Waals surface area (Å²) >= 11 is 0. The van der Waals surface area contributed by atoms with Gasteiger partial charge in [0.1, 0.15) is 5.82 Å². The van der Waals surface area contributed by atoms with Crippen molar-refractivity contribution >= 4 is 0 Å². The van der Waals surface area contributed by atoms with Crippen LogP contribution in [-0.4, -0.2) is 6.54 Å². The smallest absolute Gasteiger partial charge is 0.114 e. The normalized spacial score (nSPS) is 8.08. The Kier molecular flexibility index (Phi) is 6.09. The molecule has 0 aliphatic heterocycles. The Bertz CT molecular complexity index is 212. The molecule has 0 radical (unpaired) electrons. The lowest BCUT2D eigenvalue weighted by Gasteiger charge is -1.95. The lowest BCUT2D eigenvalue weighted by Crippen LogP contribution is -2.22. The van der Waals surface area contributed by atoms with Gasteiger partial charge in [0.05, 0.1) is 5.70 Å². The Morgan fingerprint density at radius 3 is 1.15 bits per heavy atom. The quantitative estimate of drug-likeness (QED) is 0.475. The zero-order valence-electron chi connectivity index (χ0n) is 7.48. The zero-order chi connectivity index (χ0) is 10.1. The molecule has 1 aromatic carbocycles. The summed E-state index contributed by atoms with van der Waals surface area (Å²) in [5, 5.41) is 0. The van der Waals surface area contributed by atoms with Gasteiger partial charge in [-0.3, -0.25) is 0 Å². The second-order valence-electron chi connectivity index (χ2n) is 2.34. The molecule has 0 spiro atoms. The van der Waals surface area contributed by atoms with E-state index in [0.29, 0.717) is 5.70 Å². The van der Waals surface area contributed by atoms with Gasteiger partial charge in [-0.15, -0.1) is 0 Å². The summed E-state index contributed by atoms with van der Waals surface area (Å²) in [6, 6.07) is 12.0. The van der Waals surface area contributed by atoms with Crippen LogP contribution in [0.4, 0.5) is 0 Å². The van der Waals surface area contributed by atoms with Crippen molar-refractivity contribution in [3.63, 3.8) is 0 Å². The van der Waals surface area contributed by atoms with Gasteiger partial charge in [0.15, 0.2) is 0 Å². The average Bonchev–Trinajstić information content (AvgIpc) is 2.20. The summed E-state index contributed by atoms with van der Waals surface area (Å²) in [7, 11) is 0. The molecule has 0 aliphatic rings. The van der Waals surface area contributed by atoms with Crippen LogP contribution in [0.3, 0.4) is 0 Å². The van der Waals surface area contributed by atoms with Crippen molar-refractivity contribution in [2.24, 2.45) is 22.9 Å². The second-order valence-corrected chi connectivity index (χ2v) is 2.34. The summed E-state index contributed by atoms with van der Waals surface area (Å²) in [6.45, 7) is 0.225. The van der Waals surface area contributed by atoms with Crippen molar-refractivity contribution in [1.82, 2.24) is 0 Å². The summed E-state index contributed by atoms with van der Waals surface area (Å²) in [5.41, 5.74) is 20.5. The van der Waals surface area contributed by atoms with Crippen LogP contribution in [0.2, 0.25) is 0 Å². The highest BCUT2D eigenvalue weighted by molar-refractivity contribution is 5.03. The Morgan fingerprint density at radius 1 is 0.769 bits per heavy atom. The number of hydrogen-bond donors (Lipinski definition) is 4. The van der Waals surface area contributed by atoms with Crippen LogP contribution in [0, 0.1) is 0 Å². The molecular formula is C9H16N4. The zero-order valence-corrected chi connectivity index (χ0v) is 7.48. The van der Waals surface area contributed by atoms with Crippen LogP contribution in [0.1, 0.15) is 0 Å². The second kappa shape index (κ2) is 7.00. The van der Waals surface area contributed by atoms with Crippen LogP contribution in [0.5, 0.6) is 0 Å².